The fraction of sp³-hybridized carbons (Fsp3) is 0.118. The summed E-state index contributed by atoms with van der Waals surface area (Å²) >= 11 is 5.86. The Bertz CT molecular complexity index is 925. The number of nitrogens with one attached hydrogen (secondary N) is 1. The minimum atomic E-state index is -5.08. The number of H-pyrrole nitrogens is 1. The number of aromatic nitrogens is 3. The van der Waals surface area contributed by atoms with Crippen LogP contribution in [-0.4, -0.2) is 27.6 Å². The van der Waals surface area contributed by atoms with Crippen LogP contribution in [0.2, 0.25) is 5.02 Å². The maximum Gasteiger partial charge on any atom is 0.490 e. The van der Waals surface area contributed by atoms with E-state index in [2.05, 4.69) is 20.1 Å². The SMILES string of the molecule is O=C(OCc1n[nH]nc1Oc1ccc(-c2ccc(Cl)cc2)cc1)C(F)(F)F. The first kappa shape index (κ1) is 18.7. The Morgan fingerprint density at radius 1 is 1.00 bits per heavy atom. The van der Waals surface area contributed by atoms with E-state index < -0.39 is 18.8 Å². The van der Waals surface area contributed by atoms with Gasteiger partial charge in [-0.15, -0.1) is 5.10 Å². The Balaban J connectivity index is 1.67. The highest BCUT2D eigenvalue weighted by molar-refractivity contribution is 6.30. The van der Waals surface area contributed by atoms with Crippen LogP contribution in [0.1, 0.15) is 5.69 Å². The Labute approximate surface area is 155 Å². The molecule has 0 aliphatic rings. The molecule has 0 fully saturated rings. The standard InChI is InChI=1S/C17H11ClF3N3O3/c18-12-5-1-10(2-6-12)11-3-7-13(8-4-11)27-15-14(22-24-23-15)9-26-16(25)17(19,20)21/h1-8H,9H2,(H,22,23,24). The van der Waals surface area contributed by atoms with Gasteiger partial charge in [-0.05, 0) is 35.4 Å². The molecule has 10 heteroatoms. The maximum atomic E-state index is 12.2. The Hall–Kier alpha value is -3.07. The number of esters is 1. The van der Waals surface area contributed by atoms with Gasteiger partial charge >= 0.3 is 12.1 Å². The first-order chi connectivity index (χ1) is 12.8. The number of ether oxygens (including phenoxy) is 2. The molecule has 0 unspecified atom stereocenters. The summed E-state index contributed by atoms with van der Waals surface area (Å²) < 4.78 is 46.1. The summed E-state index contributed by atoms with van der Waals surface area (Å²) in [5, 5.41) is 10.2. The highest BCUT2D eigenvalue weighted by Gasteiger charge is 2.41. The molecule has 0 bridgehead atoms. The molecule has 2 aromatic carbocycles. The summed E-state index contributed by atoms with van der Waals surface area (Å²) in [5.41, 5.74) is 1.79. The number of carbonyl (C=O) groups excluding carboxylic acids is 1. The predicted octanol–water partition coefficient (Wildman–Crippen LogP) is 4.52. The number of carbonyl (C=O) groups is 1. The van der Waals surface area contributed by atoms with Gasteiger partial charge in [0.2, 0.25) is 0 Å². The van der Waals surface area contributed by atoms with Crippen LogP contribution in [0.25, 0.3) is 11.1 Å². The molecule has 0 aliphatic heterocycles. The van der Waals surface area contributed by atoms with Crippen LogP contribution in [0.15, 0.2) is 48.5 Å². The number of benzene rings is 2. The summed E-state index contributed by atoms with van der Waals surface area (Å²) in [6.45, 7) is -0.729. The monoisotopic (exact) mass is 397 g/mol. The van der Waals surface area contributed by atoms with Gasteiger partial charge in [-0.3, -0.25) is 0 Å². The Morgan fingerprint density at radius 2 is 1.59 bits per heavy atom. The molecule has 0 spiro atoms. The second-order valence-electron chi connectivity index (χ2n) is 5.28. The molecule has 0 saturated heterocycles. The zero-order chi connectivity index (χ0) is 19.4. The molecule has 0 atom stereocenters. The lowest BCUT2D eigenvalue weighted by molar-refractivity contribution is -0.201. The third-order valence-electron chi connectivity index (χ3n) is 3.40. The smallest absolute Gasteiger partial charge is 0.452 e. The van der Waals surface area contributed by atoms with E-state index in [9.17, 15) is 18.0 Å². The minimum absolute atomic E-state index is 0.0747. The van der Waals surface area contributed by atoms with Crippen molar-refractivity contribution in [3.8, 4) is 22.8 Å². The number of nitrogens with zero attached hydrogens (tertiary/aromatic N) is 2. The summed E-state index contributed by atoms with van der Waals surface area (Å²) in [6.07, 6.45) is -5.08. The molecule has 27 heavy (non-hydrogen) atoms. The molecular weight excluding hydrogens is 387 g/mol. The molecule has 0 radical (unpaired) electrons. The van der Waals surface area contributed by atoms with Crippen LogP contribution < -0.4 is 4.74 Å². The topological polar surface area (TPSA) is 77.1 Å². The van der Waals surface area contributed by atoms with E-state index in [0.29, 0.717) is 10.8 Å². The van der Waals surface area contributed by atoms with Crippen LogP contribution >= 0.6 is 11.6 Å². The number of aromatic amines is 1. The fourth-order valence-corrected chi connectivity index (χ4v) is 2.23. The van der Waals surface area contributed by atoms with Crippen LogP contribution in [-0.2, 0) is 16.1 Å². The molecule has 6 nitrogen and oxygen atoms in total. The van der Waals surface area contributed by atoms with E-state index in [0.717, 1.165) is 11.1 Å². The van der Waals surface area contributed by atoms with Gasteiger partial charge in [0.1, 0.15) is 12.4 Å². The average Bonchev–Trinajstić information content (AvgIpc) is 3.07. The zero-order valence-corrected chi connectivity index (χ0v) is 14.2. The lowest BCUT2D eigenvalue weighted by Crippen LogP contribution is -2.25. The zero-order valence-electron chi connectivity index (χ0n) is 13.5. The maximum absolute atomic E-state index is 12.2. The second kappa shape index (κ2) is 7.67. The van der Waals surface area contributed by atoms with E-state index in [4.69, 9.17) is 16.3 Å². The first-order valence-corrected chi connectivity index (χ1v) is 7.88. The van der Waals surface area contributed by atoms with Crippen molar-refractivity contribution in [1.29, 1.82) is 0 Å². The molecular formula is C17H11ClF3N3O3. The molecule has 1 heterocycles. The number of hydrogen-bond donors (Lipinski definition) is 1. The number of alkyl halides is 3. The van der Waals surface area contributed by atoms with E-state index in [1.54, 1.807) is 36.4 Å². The van der Waals surface area contributed by atoms with Crippen molar-refractivity contribution in [2.45, 2.75) is 12.8 Å². The van der Waals surface area contributed by atoms with Gasteiger partial charge in [0.25, 0.3) is 5.88 Å². The van der Waals surface area contributed by atoms with E-state index in [1.807, 2.05) is 12.1 Å². The quantitative estimate of drug-likeness (QED) is 0.640. The molecule has 3 rings (SSSR count). The normalized spacial score (nSPS) is 11.3. The van der Waals surface area contributed by atoms with Crippen molar-refractivity contribution >= 4 is 17.6 Å². The third kappa shape index (κ3) is 4.76. The van der Waals surface area contributed by atoms with Crippen LogP contribution in [0.5, 0.6) is 11.6 Å². The van der Waals surface area contributed by atoms with Gasteiger partial charge in [0, 0.05) is 5.02 Å². The molecule has 0 aliphatic carbocycles. The van der Waals surface area contributed by atoms with Crippen LogP contribution in [0.4, 0.5) is 13.2 Å². The molecule has 1 aromatic heterocycles. The van der Waals surface area contributed by atoms with Crippen LogP contribution in [0.3, 0.4) is 0 Å². The van der Waals surface area contributed by atoms with Crippen LogP contribution in [0, 0.1) is 0 Å². The predicted molar refractivity (Wildman–Crippen MR) is 89.2 cm³/mol. The van der Waals surface area contributed by atoms with Gasteiger partial charge < -0.3 is 9.47 Å². The molecule has 1 N–H and O–H groups in total. The minimum Gasteiger partial charge on any atom is -0.452 e. The van der Waals surface area contributed by atoms with Crippen molar-refractivity contribution < 1.29 is 27.4 Å². The van der Waals surface area contributed by atoms with Gasteiger partial charge in [-0.25, -0.2) is 4.79 Å². The summed E-state index contributed by atoms with van der Waals surface area (Å²) in [7, 11) is 0. The van der Waals surface area contributed by atoms with E-state index in [1.165, 1.54) is 0 Å². The largest absolute Gasteiger partial charge is 0.490 e. The van der Waals surface area contributed by atoms with Crippen molar-refractivity contribution in [2.75, 3.05) is 0 Å². The van der Waals surface area contributed by atoms with Crippen molar-refractivity contribution in [2.24, 2.45) is 0 Å². The summed E-state index contributed by atoms with van der Waals surface area (Å²) in [6, 6.07) is 14.2. The lowest BCUT2D eigenvalue weighted by atomic mass is 10.1. The van der Waals surface area contributed by atoms with Crippen molar-refractivity contribution in [1.82, 2.24) is 15.4 Å². The number of rotatable bonds is 5. The molecule has 0 amide bonds. The van der Waals surface area contributed by atoms with Gasteiger partial charge in [-0.1, -0.05) is 35.9 Å². The third-order valence-corrected chi connectivity index (χ3v) is 3.65. The van der Waals surface area contributed by atoms with Gasteiger partial charge in [0.15, 0.2) is 5.69 Å². The van der Waals surface area contributed by atoms with Crippen molar-refractivity contribution in [3.05, 3.63) is 59.2 Å². The Morgan fingerprint density at radius 3 is 2.19 bits per heavy atom. The number of halogens is 4. The van der Waals surface area contributed by atoms with E-state index in [-0.39, 0.29) is 11.6 Å². The first-order valence-electron chi connectivity index (χ1n) is 7.50. The molecule has 140 valence electrons. The molecule has 0 saturated carbocycles. The van der Waals surface area contributed by atoms with Gasteiger partial charge in [-0.2, -0.15) is 23.5 Å². The summed E-state index contributed by atoms with van der Waals surface area (Å²) in [4.78, 5) is 10.8. The van der Waals surface area contributed by atoms with Crippen molar-refractivity contribution in [3.63, 3.8) is 0 Å². The highest BCUT2D eigenvalue weighted by atomic mass is 35.5. The number of hydrogen-bond acceptors (Lipinski definition) is 5. The summed E-state index contributed by atoms with van der Waals surface area (Å²) in [5.74, 6) is -2.03. The fourth-order valence-electron chi connectivity index (χ4n) is 2.10. The van der Waals surface area contributed by atoms with E-state index >= 15 is 0 Å². The highest BCUT2D eigenvalue weighted by Crippen LogP contribution is 2.27. The lowest BCUT2D eigenvalue weighted by Gasteiger charge is -2.08. The second-order valence-corrected chi connectivity index (χ2v) is 5.72. The Kier molecular flexibility index (Phi) is 5.31. The molecule has 3 aromatic rings. The average molecular weight is 398 g/mol. The van der Waals surface area contributed by atoms with Gasteiger partial charge in [0.05, 0.1) is 0 Å².